The highest BCUT2D eigenvalue weighted by Gasteiger charge is 2.22. The summed E-state index contributed by atoms with van der Waals surface area (Å²) in [6, 6.07) is 0. The van der Waals surface area contributed by atoms with Gasteiger partial charge in [0.15, 0.2) is 0 Å². The summed E-state index contributed by atoms with van der Waals surface area (Å²) in [5.74, 6) is -0.0856. The number of nitrogens with two attached hydrogens (primary N) is 1. The van der Waals surface area contributed by atoms with Gasteiger partial charge in [-0.05, 0) is 27.3 Å². The molecule has 0 fully saturated rings. The molecule has 0 spiro atoms. The van der Waals surface area contributed by atoms with E-state index in [1.807, 2.05) is 34.3 Å². The van der Waals surface area contributed by atoms with Gasteiger partial charge >= 0.3 is 0 Å². The van der Waals surface area contributed by atoms with Gasteiger partial charge in [-0.2, -0.15) is 0 Å². The fourth-order valence-electron chi connectivity index (χ4n) is 1.73. The summed E-state index contributed by atoms with van der Waals surface area (Å²) in [6.07, 6.45) is 1.99. The van der Waals surface area contributed by atoms with E-state index in [0.29, 0.717) is 17.1 Å². The highest BCUT2D eigenvalue weighted by molar-refractivity contribution is 7.99. The zero-order valence-electron chi connectivity index (χ0n) is 12.8. The smallest absolute Gasteiger partial charge is 0.263 e. The Hall–Kier alpha value is -0.920. The average Bonchev–Trinajstić information content (AvgIpc) is 2.73. The molecule has 0 radical (unpaired) electrons. The Labute approximate surface area is 129 Å². The average molecular weight is 316 g/mol. The molecule has 7 heteroatoms. The van der Waals surface area contributed by atoms with Gasteiger partial charge in [-0.15, -0.1) is 23.1 Å². The zero-order valence-corrected chi connectivity index (χ0v) is 14.5. The molecule has 114 valence electrons. The molecule has 3 N–H and O–H groups in total. The second kappa shape index (κ2) is 7.75. The Morgan fingerprint density at radius 1 is 1.35 bits per heavy atom. The fraction of sp³-hybridized carbons (Fsp3) is 0.615. The number of nitrogens with zero attached hydrogens (tertiary/aromatic N) is 2. The van der Waals surface area contributed by atoms with Crippen molar-refractivity contribution in [3.63, 3.8) is 0 Å². The number of carbonyl (C=O) groups is 1. The summed E-state index contributed by atoms with van der Waals surface area (Å²) < 4.78 is 0. The molecule has 0 aliphatic rings. The molecule has 0 atom stereocenters. The van der Waals surface area contributed by atoms with Gasteiger partial charge in [0.2, 0.25) is 0 Å². The van der Waals surface area contributed by atoms with Gasteiger partial charge in [0.1, 0.15) is 9.88 Å². The van der Waals surface area contributed by atoms with Crippen LogP contribution in [0.15, 0.2) is 4.90 Å². The van der Waals surface area contributed by atoms with Gasteiger partial charge in [0.25, 0.3) is 5.91 Å². The molecule has 0 aromatic carbocycles. The molecule has 0 saturated heterocycles. The van der Waals surface area contributed by atoms with Gasteiger partial charge < -0.3 is 20.9 Å². The monoisotopic (exact) mass is 316 g/mol. The standard InChI is InChI=1S/C13H24N4OS2/c1-6-15-12(18)10-9(14)11(19-5)13(20-10)17(4)8-7-16(2)3/h6-8,14H2,1-5H3,(H,15,18). The van der Waals surface area contributed by atoms with Gasteiger partial charge in [0, 0.05) is 26.7 Å². The van der Waals surface area contributed by atoms with Crippen LogP contribution in [-0.4, -0.2) is 57.8 Å². The Kier molecular flexibility index (Phi) is 6.64. The molecule has 0 aliphatic heterocycles. The first-order valence-electron chi connectivity index (χ1n) is 6.52. The number of thioether (sulfide) groups is 1. The molecule has 1 heterocycles. The number of thiophene rings is 1. The first kappa shape index (κ1) is 17.1. The molecule has 1 aromatic rings. The van der Waals surface area contributed by atoms with Crippen molar-refractivity contribution >= 4 is 39.7 Å². The van der Waals surface area contributed by atoms with Crippen molar-refractivity contribution in [1.82, 2.24) is 10.2 Å². The lowest BCUT2D eigenvalue weighted by Gasteiger charge is -2.21. The van der Waals surface area contributed by atoms with Gasteiger partial charge in [-0.1, -0.05) is 0 Å². The minimum absolute atomic E-state index is 0.0856. The number of nitrogens with one attached hydrogen (secondary N) is 1. The van der Waals surface area contributed by atoms with Crippen LogP contribution in [0.2, 0.25) is 0 Å². The molecule has 0 unspecified atom stereocenters. The van der Waals surface area contributed by atoms with Crippen molar-refractivity contribution in [2.24, 2.45) is 0 Å². The molecule has 1 amide bonds. The molecule has 20 heavy (non-hydrogen) atoms. The topological polar surface area (TPSA) is 61.6 Å². The lowest BCUT2D eigenvalue weighted by molar-refractivity contribution is 0.0960. The van der Waals surface area contributed by atoms with E-state index >= 15 is 0 Å². The maximum atomic E-state index is 12.0. The number of hydrogen-bond acceptors (Lipinski definition) is 6. The van der Waals surface area contributed by atoms with E-state index in [1.54, 1.807) is 11.8 Å². The molecule has 1 rings (SSSR count). The summed E-state index contributed by atoms with van der Waals surface area (Å²) in [5, 5.41) is 3.88. The number of likely N-dealkylation sites (N-methyl/N-ethyl adjacent to an activating group) is 2. The van der Waals surface area contributed by atoms with E-state index in [2.05, 4.69) is 15.1 Å². The van der Waals surface area contributed by atoms with Gasteiger partial charge in [0.05, 0.1) is 10.6 Å². The molecule has 5 nitrogen and oxygen atoms in total. The molecular formula is C13H24N4OS2. The first-order valence-corrected chi connectivity index (χ1v) is 8.56. The van der Waals surface area contributed by atoms with Crippen LogP contribution in [0.1, 0.15) is 16.6 Å². The van der Waals surface area contributed by atoms with Crippen LogP contribution in [0.3, 0.4) is 0 Å². The van der Waals surface area contributed by atoms with Crippen LogP contribution in [0.25, 0.3) is 0 Å². The van der Waals surface area contributed by atoms with E-state index in [4.69, 9.17) is 5.73 Å². The normalized spacial score (nSPS) is 10.9. The third-order valence-electron chi connectivity index (χ3n) is 2.86. The lowest BCUT2D eigenvalue weighted by Crippen LogP contribution is -2.28. The Balaban J connectivity index is 3.01. The predicted octanol–water partition coefficient (Wildman–Crippen LogP) is 1.80. The van der Waals surface area contributed by atoms with Crippen LogP contribution in [0.4, 0.5) is 10.7 Å². The first-order chi connectivity index (χ1) is 9.42. The second-order valence-electron chi connectivity index (χ2n) is 4.77. The maximum Gasteiger partial charge on any atom is 0.263 e. The summed E-state index contributed by atoms with van der Waals surface area (Å²) in [6.45, 7) is 4.37. The minimum Gasteiger partial charge on any atom is -0.396 e. The number of carbonyl (C=O) groups excluding carboxylic acids is 1. The van der Waals surface area contributed by atoms with Crippen molar-refractivity contribution in [2.75, 3.05) is 57.7 Å². The Morgan fingerprint density at radius 2 is 2.00 bits per heavy atom. The number of anilines is 2. The SMILES string of the molecule is CCNC(=O)c1sc(N(C)CCN(C)C)c(SC)c1N. The third-order valence-corrected chi connectivity index (χ3v) is 5.13. The highest BCUT2D eigenvalue weighted by atomic mass is 32.2. The van der Waals surface area contributed by atoms with E-state index in [0.717, 1.165) is 23.0 Å². The number of amides is 1. The largest absolute Gasteiger partial charge is 0.396 e. The lowest BCUT2D eigenvalue weighted by atomic mass is 10.3. The van der Waals surface area contributed by atoms with E-state index in [9.17, 15) is 4.79 Å². The summed E-state index contributed by atoms with van der Waals surface area (Å²) >= 11 is 3.06. The van der Waals surface area contributed by atoms with Crippen LogP contribution < -0.4 is 16.0 Å². The maximum absolute atomic E-state index is 12.0. The summed E-state index contributed by atoms with van der Waals surface area (Å²) in [7, 11) is 6.13. The van der Waals surface area contributed by atoms with Gasteiger partial charge in [-0.25, -0.2) is 0 Å². The zero-order chi connectivity index (χ0) is 15.3. The van der Waals surface area contributed by atoms with Crippen LogP contribution in [-0.2, 0) is 0 Å². The summed E-state index contributed by atoms with van der Waals surface area (Å²) in [5.41, 5.74) is 6.73. The predicted molar refractivity (Wildman–Crippen MR) is 90.3 cm³/mol. The molecule has 0 bridgehead atoms. The van der Waals surface area contributed by atoms with Crippen LogP contribution in [0.5, 0.6) is 0 Å². The summed E-state index contributed by atoms with van der Waals surface area (Å²) in [4.78, 5) is 17.9. The Bertz CT molecular complexity index is 459. The number of nitrogen functional groups attached to an aromatic ring is 1. The molecule has 1 aromatic heterocycles. The Morgan fingerprint density at radius 3 is 2.50 bits per heavy atom. The fourth-order valence-corrected chi connectivity index (χ4v) is 3.84. The quantitative estimate of drug-likeness (QED) is 0.751. The van der Waals surface area contributed by atoms with E-state index in [-0.39, 0.29) is 5.91 Å². The minimum atomic E-state index is -0.0856. The van der Waals surface area contributed by atoms with Crippen molar-refractivity contribution in [3.8, 4) is 0 Å². The molecular weight excluding hydrogens is 292 g/mol. The van der Waals surface area contributed by atoms with E-state index < -0.39 is 0 Å². The number of rotatable bonds is 7. The van der Waals surface area contributed by atoms with Crippen molar-refractivity contribution < 1.29 is 4.79 Å². The highest BCUT2D eigenvalue weighted by Crippen LogP contribution is 2.43. The van der Waals surface area contributed by atoms with Crippen molar-refractivity contribution in [1.29, 1.82) is 0 Å². The number of hydrogen-bond donors (Lipinski definition) is 2. The van der Waals surface area contributed by atoms with Gasteiger partial charge in [-0.3, -0.25) is 4.79 Å². The van der Waals surface area contributed by atoms with Crippen molar-refractivity contribution in [2.45, 2.75) is 11.8 Å². The van der Waals surface area contributed by atoms with Crippen LogP contribution >= 0.6 is 23.1 Å². The third kappa shape index (κ3) is 4.04. The molecule has 0 saturated carbocycles. The second-order valence-corrected chi connectivity index (χ2v) is 6.58. The molecule has 0 aliphatic carbocycles. The van der Waals surface area contributed by atoms with Crippen LogP contribution in [0, 0.1) is 0 Å². The van der Waals surface area contributed by atoms with Crippen molar-refractivity contribution in [3.05, 3.63) is 4.88 Å². The van der Waals surface area contributed by atoms with E-state index in [1.165, 1.54) is 11.3 Å².